The Balaban J connectivity index is 1.95. The van der Waals surface area contributed by atoms with Crippen LogP contribution in [0.2, 0.25) is 0 Å². The highest BCUT2D eigenvalue weighted by atomic mass is 19.4. The van der Waals surface area contributed by atoms with E-state index in [-0.39, 0.29) is 11.9 Å². The van der Waals surface area contributed by atoms with Gasteiger partial charge in [0.05, 0.1) is 18.1 Å². The van der Waals surface area contributed by atoms with E-state index in [9.17, 15) is 18.0 Å². The van der Waals surface area contributed by atoms with Crippen LogP contribution >= 0.6 is 0 Å². The number of carbonyl (C=O) groups is 1. The second-order valence-electron chi connectivity index (χ2n) is 11.1. The lowest BCUT2D eigenvalue weighted by molar-refractivity contribution is -0.145. The average molecular weight is 530 g/mol. The molecule has 1 aliphatic heterocycles. The quantitative estimate of drug-likeness (QED) is 0.228. The first-order valence-corrected chi connectivity index (χ1v) is 13.9. The number of hydrogen-bond donors (Lipinski definition) is 0. The van der Waals surface area contributed by atoms with Crippen molar-refractivity contribution < 1.29 is 22.7 Å². The maximum absolute atomic E-state index is 13.2. The largest absolute Gasteiger partial charge is 0.466 e. The maximum Gasteiger partial charge on any atom is 0.416 e. The Morgan fingerprint density at radius 2 is 1.68 bits per heavy atom. The molecule has 0 bridgehead atoms. The molecule has 0 aromatic heterocycles. The van der Waals surface area contributed by atoms with Crippen LogP contribution in [0.3, 0.4) is 0 Å². The third-order valence-electron chi connectivity index (χ3n) is 7.15. The van der Waals surface area contributed by atoms with Crippen LogP contribution in [0, 0.1) is 11.8 Å². The number of halogens is 3. The van der Waals surface area contributed by atoms with E-state index in [0.29, 0.717) is 30.4 Å². The molecule has 0 spiro atoms. The summed E-state index contributed by atoms with van der Waals surface area (Å²) in [5.74, 6) is 0.491. The lowest BCUT2D eigenvalue weighted by Crippen LogP contribution is -2.33. The van der Waals surface area contributed by atoms with Gasteiger partial charge in [-0.2, -0.15) is 13.2 Å². The molecule has 1 heterocycles. The monoisotopic (exact) mass is 529 g/mol. The van der Waals surface area contributed by atoms with E-state index in [1.165, 1.54) is 12.1 Å². The number of alkyl halides is 3. The molecule has 1 saturated heterocycles. The van der Waals surface area contributed by atoms with Crippen LogP contribution < -0.4 is 0 Å². The van der Waals surface area contributed by atoms with E-state index in [1.807, 2.05) is 6.07 Å². The zero-order valence-corrected chi connectivity index (χ0v) is 23.4. The average Bonchev–Trinajstić information content (AvgIpc) is 2.87. The molecule has 1 aliphatic rings. The zero-order valence-electron chi connectivity index (χ0n) is 23.4. The molecule has 0 aliphatic carbocycles. The Hall–Kier alpha value is -2.60. The molecule has 0 N–H and O–H groups in total. The normalized spacial score (nSPS) is 16.5. The summed E-state index contributed by atoms with van der Waals surface area (Å²) in [4.78, 5) is 15.5. The number of carbonyl (C=O) groups excluding carboxylic acids is 1. The van der Waals surface area contributed by atoms with Crippen LogP contribution in [-0.4, -0.2) is 37.1 Å². The minimum atomic E-state index is -4.38. The minimum absolute atomic E-state index is 0.247. The molecule has 3 rings (SSSR count). The molecule has 1 atom stereocenters. The van der Waals surface area contributed by atoms with Crippen molar-refractivity contribution >= 4 is 5.97 Å². The minimum Gasteiger partial charge on any atom is -0.466 e. The van der Waals surface area contributed by atoms with Crippen LogP contribution in [0.1, 0.15) is 82.4 Å². The highest BCUT2D eigenvalue weighted by Gasteiger charge is 2.30. The van der Waals surface area contributed by atoms with E-state index in [4.69, 9.17) is 4.74 Å². The standard InChI is InChI=1S/C32H42F3NO2/c1-6-38-31(37)30(18-23(4)5)28-20-26(24-9-11-29(12-10-24)32(33,34)35)19-27(21-28)25-13-16-36(17-14-25)15-7-8-22(2)3/h7-12,19-23,25,30H,6,13-18H2,1-5H3. The number of hydrogen-bond acceptors (Lipinski definition) is 3. The van der Waals surface area contributed by atoms with Crippen molar-refractivity contribution in [1.82, 2.24) is 4.90 Å². The summed E-state index contributed by atoms with van der Waals surface area (Å²) < 4.78 is 44.9. The first-order chi connectivity index (χ1) is 18.0. The Morgan fingerprint density at radius 1 is 1.03 bits per heavy atom. The molecular weight excluding hydrogens is 487 g/mol. The van der Waals surface area contributed by atoms with Crippen LogP contribution in [0.15, 0.2) is 54.6 Å². The van der Waals surface area contributed by atoms with Gasteiger partial charge in [0.15, 0.2) is 0 Å². The fourth-order valence-electron chi connectivity index (χ4n) is 5.15. The second kappa shape index (κ2) is 13.5. The van der Waals surface area contributed by atoms with Crippen LogP contribution in [0.4, 0.5) is 13.2 Å². The maximum atomic E-state index is 13.2. The van der Waals surface area contributed by atoms with E-state index < -0.39 is 17.7 Å². The van der Waals surface area contributed by atoms with E-state index >= 15 is 0 Å². The number of likely N-dealkylation sites (tertiary alicyclic amines) is 1. The SMILES string of the molecule is CCOC(=O)C(CC(C)C)c1cc(-c2ccc(C(F)(F)F)cc2)cc(C2CCN(CC=CC(C)C)CC2)c1. The van der Waals surface area contributed by atoms with Crippen LogP contribution in [-0.2, 0) is 15.7 Å². The summed E-state index contributed by atoms with van der Waals surface area (Å²) in [6.07, 6.45) is 2.74. The number of nitrogens with zero attached hydrogens (tertiary/aromatic N) is 1. The van der Waals surface area contributed by atoms with Gasteiger partial charge in [0.1, 0.15) is 0 Å². The lowest BCUT2D eigenvalue weighted by Gasteiger charge is -2.32. The van der Waals surface area contributed by atoms with Crippen molar-refractivity contribution in [2.24, 2.45) is 11.8 Å². The Labute approximate surface area is 226 Å². The first kappa shape index (κ1) is 29.9. The van der Waals surface area contributed by atoms with Crippen LogP contribution in [0.5, 0.6) is 0 Å². The predicted octanol–water partition coefficient (Wildman–Crippen LogP) is 8.46. The van der Waals surface area contributed by atoms with Gasteiger partial charge in [-0.3, -0.25) is 9.69 Å². The summed E-state index contributed by atoms with van der Waals surface area (Å²) in [5, 5.41) is 0. The van der Waals surface area contributed by atoms with Crippen molar-refractivity contribution in [1.29, 1.82) is 0 Å². The van der Waals surface area contributed by atoms with E-state index in [1.54, 1.807) is 6.92 Å². The van der Waals surface area contributed by atoms with Gasteiger partial charge in [0.25, 0.3) is 0 Å². The topological polar surface area (TPSA) is 29.5 Å². The number of allylic oxidation sites excluding steroid dienone is 1. The molecule has 2 aromatic rings. The van der Waals surface area contributed by atoms with Gasteiger partial charge in [-0.25, -0.2) is 0 Å². The van der Waals surface area contributed by atoms with Gasteiger partial charge in [0.2, 0.25) is 0 Å². The first-order valence-electron chi connectivity index (χ1n) is 13.9. The summed E-state index contributed by atoms with van der Waals surface area (Å²) >= 11 is 0. The molecule has 1 unspecified atom stereocenters. The van der Waals surface area contributed by atoms with E-state index in [2.05, 4.69) is 56.9 Å². The number of benzene rings is 2. The predicted molar refractivity (Wildman–Crippen MR) is 148 cm³/mol. The summed E-state index contributed by atoms with van der Waals surface area (Å²) in [6.45, 7) is 13.5. The summed E-state index contributed by atoms with van der Waals surface area (Å²) in [6, 6.07) is 11.5. The third-order valence-corrected chi connectivity index (χ3v) is 7.15. The van der Waals surface area contributed by atoms with Crippen molar-refractivity contribution in [3.05, 3.63) is 71.3 Å². The third kappa shape index (κ3) is 8.45. The van der Waals surface area contributed by atoms with Crippen molar-refractivity contribution in [2.45, 2.75) is 71.9 Å². The molecule has 1 fully saturated rings. The molecular formula is C32H42F3NO2. The fourth-order valence-corrected chi connectivity index (χ4v) is 5.15. The highest BCUT2D eigenvalue weighted by molar-refractivity contribution is 5.79. The van der Waals surface area contributed by atoms with Gasteiger partial charge in [-0.1, -0.05) is 70.2 Å². The van der Waals surface area contributed by atoms with Gasteiger partial charge in [-0.15, -0.1) is 0 Å². The zero-order chi connectivity index (χ0) is 27.9. The molecule has 2 aromatic carbocycles. The molecule has 0 radical (unpaired) electrons. The fraction of sp³-hybridized carbons (Fsp3) is 0.531. The number of esters is 1. The summed E-state index contributed by atoms with van der Waals surface area (Å²) in [5.41, 5.74) is 2.91. The lowest BCUT2D eigenvalue weighted by atomic mass is 9.82. The van der Waals surface area contributed by atoms with E-state index in [0.717, 1.165) is 61.3 Å². The Morgan fingerprint density at radius 3 is 2.24 bits per heavy atom. The summed E-state index contributed by atoms with van der Waals surface area (Å²) in [7, 11) is 0. The molecule has 6 heteroatoms. The van der Waals surface area contributed by atoms with Gasteiger partial charge < -0.3 is 4.74 Å². The molecule has 38 heavy (non-hydrogen) atoms. The van der Waals surface area contributed by atoms with Crippen molar-refractivity contribution in [3.8, 4) is 11.1 Å². The molecule has 0 saturated carbocycles. The molecule has 0 amide bonds. The molecule has 3 nitrogen and oxygen atoms in total. The van der Waals surface area contributed by atoms with Crippen molar-refractivity contribution in [3.63, 3.8) is 0 Å². The Bertz CT molecular complexity index is 1070. The smallest absolute Gasteiger partial charge is 0.416 e. The number of rotatable bonds is 10. The number of piperidine rings is 1. The van der Waals surface area contributed by atoms with Crippen molar-refractivity contribution in [2.75, 3.05) is 26.2 Å². The van der Waals surface area contributed by atoms with Gasteiger partial charge >= 0.3 is 12.1 Å². The molecule has 208 valence electrons. The van der Waals surface area contributed by atoms with Crippen LogP contribution in [0.25, 0.3) is 11.1 Å². The second-order valence-corrected chi connectivity index (χ2v) is 11.1. The van der Waals surface area contributed by atoms with Gasteiger partial charge in [-0.05, 0) is 91.4 Å². The number of ether oxygens (including phenoxy) is 1. The highest BCUT2D eigenvalue weighted by Crippen LogP contribution is 2.37. The Kier molecular flexibility index (Phi) is 10.6. The van der Waals surface area contributed by atoms with Gasteiger partial charge in [0, 0.05) is 6.54 Å².